The molecule has 1 aromatic rings. The number of carboxylic acid groups (broad SMARTS) is 1. The molecule has 0 aromatic heterocycles. The van der Waals surface area contributed by atoms with Crippen molar-refractivity contribution in [3.05, 3.63) is 47.2 Å². The molecule has 0 spiro atoms. The number of carbonyl (C=O) groups excluding carboxylic acids is 1. The zero-order valence-electron chi connectivity index (χ0n) is 16.5. The van der Waals surface area contributed by atoms with E-state index in [1.54, 1.807) is 12.1 Å². The Hall–Kier alpha value is -3.08. The van der Waals surface area contributed by atoms with Crippen LogP contribution in [0.1, 0.15) is 19.8 Å². The Morgan fingerprint density at radius 2 is 1.87 bits per heavy atom. The molecule has 1 aromatic carbocycles. The number of hydrogen-bond donors (Lipinski definition) is 4. The lowest BCUT2D eigenvalue weighted by atomic mass is 10.1. The molecular formula is C19H23FN4O5S. The summed E-state index contributed by atoms with van der Waals surface area (Å²) in [5, 5.41) is 14.8. The summed E-state index contributed by atoms with van der Waals surface area (Å²) in [5.41, 5.74) is -0.273. The first-order valence-corrected chi connectivity index (χ1v) is 11.0. The monoisotopic (exact) mass is 438 g/mol. The van der Waals surface area contributed by atoms with E-state index >= 15 is 4.39 Å². The van der Waals surface area contributed by atoms with Gasteiger partial charge in [-0.05, 0) is 31.9 Å². The van der Waals surface area contributed by atoms with Crippen LogP contribution in [-0.2, 0) is 19.6 Å². The Balaban J connectivity index is 1.99. The molecule has 11 heteroatoms. The number of carboxylic acids is 1. The van der Waals surface area contributed by atoms with Gasteiger partial charge in [0.25, 0.3) is 0 Å². The Kier molecular flexibility index (Phi) is 6.01. The lowest BCUT2D eigenvalue weighted by Crippen LogP contribution is -2.40. The highest BCUT2D eigenvalue weighted by atomic mass is 32.2. The first-order valence-electron chi connectivity index (χ1n) is 9.38. The first kappa shape index (κ1) is 21.6. The molecule has 162 valence electrons. The van der Waals surface area contributed by atoms with Gasteiger partial charge in [0.2, 0.25) is 15.9 Å². The largest absolute Gasteiger partial charge is 0.478 e. The number of halogens is 1. The van der Waals surface area contributed by atoms with E-state index in [-0.39, 0.29) is 52.6 Å². The van der Waals surface area contributed by atoms with Gasteiger partial charge in [0.05, 0.1) is 34.9 Å². The molecule has 1 amide bonds. The van der Waals surface area contributed by atoms with Gasteiger partial charge in [0, 0.05) is 13.0 Å². The molecule has 0 unspecified atom stereocenters. The summed E-state index contributed by atoms with van der Waals surface area (Å²) in [7, 11) is -2.13. The van der Waals surface area contributed by atoms with Crippen LogP contribution in [0.25, 0.3) is 0 Å². The molecule has 1 aliphatic heterocycles. The third-order valence-electron chi connectivity index (χ3n) is 4.79. The van der Waals surface area contributed by atoms with Crippen molar-refractivity contribution in [2.75, 3.05) is 29.4 Å². The number of allylic oxidation sites excluding steroid dienone is 1. The van der Waals surface area contributed by atoms with Gasteiger partial charge in [0.1, 0.15) is 5.82 Å². The SMILES string of the molecule is CCS(=O)(=O)Nc1ccccc1NC1=C(C(=O)O)CN(C)C(NC(=O)C2CC2)=C1F. The Morgan fingerprint density at radius 1 is 1.23 bits per heavy atom. The molecule has 1 heterocycles. The second-order valence-corrected chi connectivity index (χ2v) is 9.13. The van der Waals surface area contributed by atoms with Crippen LogP contribution < -0.4 is 15.4 Å². The second-order valence-electron chi connectivity index (χ2n) is 7.12. The summed E-state index contributed by atoms with van der Waals surface area (Å²) in [6.07, 6.45) is 1.47. The minimum absolute atomic E-state index is 0.133. The smallest absolute Gasteiger partial charge is 0.335 e. The number of anilines is 2. The molecule has 0 saturated heterocycles. The summed E-state index contributed by atoms with van der Waals surface area (Å²) < 4.78 is 41.6. The molecule has 1 aliphatic carbocycles. The van der Waals surface area contributed by atoms with Crippen LogP contribution in [0.15, 0.2) is 47.2 Å². The molecule has 0 atom stereocenters. The highest BCUT2D eigenvalue weighted by molar-refractivity contribution is 7.92. The lowest BCUT2D eigenvalue weighted by molar-refractivity contribution is -0.133. The average molecular weight is 438 g/mol. The summed E-state index contributed by atoms with van der Waals surface area (Å²) in [5.74, 6) is -3.06. The van der Waals surface area contributed by atoms with Crippen molar-refractivity contribution in [3.8, 4) is 0 Å². The molecule has 1 saturated carbocycles. The number of aliphatic carboxylic acids is 1. The lowest BCUT2D eigenvalue weighted by Gasteiger charge is -2.30. The number of likely N-dealkylation sites (N-methyl/N-ethyl adjacent to an activating group) is 1. The van der Waals surface area contributed by atoms with E-state index in [0.29, 0.717) is 0 Å². The van der Waals surface area contributed by atoms with E-state index < -0.39 is 21.8 Å². The van der Waals surface area contributed by atoms with Crippen LogP contribution in [0.3, 0.4) is 0 Å². The van der Waals surface area contributed by atoms with E-state index in [0.717, 1.165) is 12.8 Å². The maximum atomic E-state index is 15.3. The van der Waals surface area contributed by atoms with E-state index in [4.69, 9.17) is 0 Å². The standard InChI is InChI=1S/C19H23FN4O5S/c1-3-30(28,29)23-14-7-5-4-6-13(14)21-16-12(19(26)27)10-24(2)17(15(16)20)22-18(25)11-8-9-11/h4-7,11,21,23H,3,8-10H2,1-2H3,(H,22,25)(H,26,27). The van der Waals surface area contributed by atoms with Gasteiger partial charge >= 0.3 is 5.97 Å². The van der Waals surface area contributed by atoms with Crippen LogP contribution in [0.5, 0.6) is 0 Å². The first-order chi connectivity index (χ1) is 14.1. The van der Waals surface area contributed by atoms with Crippen molar-refractivity contribution >= 4 is 33.3 Å². The topological polar surface area (TPSA) is 128 Å². The van der Waals surface area contributed by atoms with Crippen molar-refractivity contribution in [1.82, 2.24) is 10.2 Å². The van der Waals surface area contributed by atoms with Gasteiger partial charge < -0.3 is 20.6 Å². The number of amides is 1. The van der Waals surface area contributed by atoms with Gasteiger partial charge in [0.15, 0.2) is 5.83 Å². The number of hydrogen-bond acceptors (Lipinski definition) is 6. The van der Waals surface area contributed by atoms with Gasteiger partial charge in [-0.1, -0.05) is 12.1 Å². The minimum Gasteiger partial charge on any atom is -0.478 e. The number of rotatable bonds is 8. The number of nitrogens with one attached hydrogen (secondary N) is 3. The fourth-order valence-corrected chi connectivity index (χ4v) is 3.55. The molecule has 0 bridgehead atoms. The van der Waals surface area contributed by atoms with Crippen molar-refractivity contribution in [3.63, 3.8) is 0 Å². The summed E-state index contributed by atoms with van der Waals surface area (Å²) in [4.78, 5) is 25.2. The van der Waals surface area contributed by atoms with E-state index in [1.807, 2.05) is 0 Å². The normalized spacial score (nSPS) is 17.1. The third kappa shape index (κ3) is 4.73. The van der Waals surface area contributed by atoms with Crippen molar-refractivity contribution in [1.29, 1.82) is 0 Å². The summed E-state index contributed by atoms with van der Waals surface area (Å²) >= 11 is 0. The molecular weight excluding hydrogens is 415 g/mol. The number of sulfonamides is 1. The molecule has 1 fully saturated rings. The van der Waals surface area contributed by atoms with Gasteiger partial charge in [-0.15, -0.1) is 0 Å². The zero-order valence-corrected chi connectivity index (χ0v) is 17.3. The predicted octanol–water partition coefficient (Wildman–Crippen LogP) is 1.81. The highest BCUT2D eigenvalue weighted by Crippen LogP contribution is 2.33. The quantitative estimate of drug-likeness (QED) is 0.487. The number of carbonyl (C=O) groups is 2. The molecule has 3 rings (SSSR count). The van der Waals surface area contributed by atoms with Crippen molar-refractivity contribution in [2.24, 2.45) is 5.92 Å². The van der Waals surface area contributed by atoms with E-state index in [2.05, 4.69) is 15.4 Å². The fraction of sp³-hybridized carbons (Fsp3) is 0.368. The molecule has 9 nitrogen and oxygen atoms in total. The fourth-order valence-electron chi connectivity index (χ4n) is 2.89. The minimum atomic E-state index is -3.61. The Labute approximate surface area is 173 Å². The average Bonchev–Trinajstić information content (AvgIpc) is 3.53. The molecule has 30 heavy (non-hydrogen) atoms. The summed E-state index contributed by atoms with van der Waals surface area (Å²) in [6, 6.07) is 6.16. The van der Waals surface area contributed by atoms with E-state index in [9.17, 15) is 23.1 Å². The second kappa shape index (κ2) is 8.34. The van der Waals surface area contributed by atoms with Crippen LogP contribution in [0, 0.1) is 5.92 Å². The Morgan fingerprint density at radius 3 is 2.43 bits per heavy atom. The van der Waals surface area contributed by atoms with Gasteiger partial charge in [-0.25, -0.2) is 17.6 Å². The van der Waals surface area contributed by atoms with Crippen molar-refractivity contribution in [2.45, 2.75) is 19.8 Å². The van der Waals surface area contributed by atoms with Crippen LogP contribution in [-0.4, -0.2) is 49.6 Å². The number of nitrogens with zero attached hydrogens (tertiary/aromatic N) is 1. The molecule has 0 radical (unpaired) electrons. The molecule has 4 N–H and O–H groups in total. The number of benzene rings is 1. The molecule has 2 aliphatic rings. The maximum Gasteiger partial charge on any atom is 0.335 e. The summed E-state index contributed by atoms with van der Waals surface area (Å²) in [6.45, 7) is 1.31. The third-order valence-corrected chi connectivity index (χ3v) is 6.08. The Bertz CT molecular complexity index is 1050. The van der Waals surface area contributed by atoms with Crippen LogP contribution >= 0.6 is 0 Å². The van der Waals surface area contributed by atoms with Crippen molar-refractivity contribution < 1.29 is 27.5 Å². The van der Waals surface area contributed by atoms with Gasteiger partial charge in [-0.2, -0.15) is 0 Å². The van der Waals surface area contributed by atoms with Crippen LogP contribution in [0.2, 0.25) is 0 Å². The van der Waals surface area contributed by atoms with Crippen LogP contribution in [0.4, 0.5) is 15.8 Å². The number of para-hydroxylation sites is 2. The highest BCUT2D eigenvalue weighted by Gasteiger charge is 2.35. The predicted molar refractivity (Wildman–Crippen MR) is 109 cm³/mol. The maximum absolute atomic E-state index is 15.3. The van der Waals surface area contributed by atoms with E-state index in [1.165, 1.54) is 31.0 Å². The van der Waals surface area contributed by atoms with Gasteiger partial charge in [-0.3, -0.25) is 9.52 Å². The zero-order chi connectivity index (χ0) is 22.1.